The van der Waals surface area contributed by atoms with Crippen LogP contribution in [0, 0.1) is 0 Å². The van der Waals surface area contributed by atoms with Crippen molar-refractivity contribution in [3.63, 3.8) is 0 Å². The highest BCUT2D eigenvalue weighted by Gasteiger charge is 2.11. The third-order valence-corrected chi connectivity index (χ3v) is 2.34. The van der Waals surface area contributed by atoms with Crippen molar-refractivity contribution >= 4 is 5.95 Å². The number of hydrogen-bond acceptors (Lipinski definition) is 8. The minimum absolute atomic E-state index is 0.0711. The van der Waals surface area contributed by atoms with E-state index in [1.54, 1.807) is 17.1 Å². The van der Waals surface area contributed by atoms with Crippen molar-refractivity contribution in [3.05, 3.63) is 12.4 Å². The summed E-state index contributed by atoms with van der Waals surface area (Å²) in [7, 11) is 0. The van der Waals surface area contributed by atoms with Gasteiger partial charge in [0.15, 0.2) is 5.75 Å². The molecule has 9 nitrogen and oxygen atoms in total. The van der Waals surface area contributed by atoms with Gasteiger partial charge in [-0.2, -0.15) is 15.1 Å². The molecule has 2 aromatic rings. The Hall–Kier alpha value is -2.42. The molecule has 0 saturated heterocycles. The number of nitrogens with zero attached hydrogens (tertiary/aromatic N) is 5. The van der Waals surface area contributed by atoms with Gasteiger partial charge in [0.2, 0.25) is 5.95 Å². The first-order chi connectivity index (χ1) is 10.1. The van der Waals surface area contributed by atoms with E-state index in [1.165, 1.54) is 0 Å². The Kier molecular flexibility index (Phi) is 4.88. The first-order valence-electron chi connectivity index (χ1n) is 6.70. The summed E-state index contributed by atoms with van der Waals surface area (Å²) in [6.45, 7) is 6.63. The number of aryl methyl sites for hydroxylation is 1. The molecule has 0 bridgehead atoms. The maximum atomic E-state index is 5.55. The maximum absolute atomic E-state index is 5.55. The Labute approximate surface area is 122 Å². The van der Waals surface area contributed by atoms with Crippen LogP contribution in [0.1, 0.15) is 27.2 Å². The lowest BCUT2D eigenvalue weighted by molar-refractivity contribution is 0.218. The lowest BCUT2D eigenvalue weighted by Crippen LogP contribution is -2.14. The Morgan fingerprint density at radius 2 is 2.05 bits per heavy atom. The summed E-state index contributed by atoms with van der Waals surface area (Å²) in [4.78, 5) is 12.1. The number of anilines is 1. The second-order valence-electron chi connectivity index (χ2n) is 4.58. The van der Waals surface area contributed by atoms with Gasteiger partial charge in [0.1, 0.15) is 0 Å². The molecule has 21 heavy (non-hydrogen) atoms. The summed E-state index contributed by atoms with van der Waals surface area (Å²) in [5.41, 5.74) is 2.35. The lowest BCUT2D eigenvalue weighted by Gasteiger charge is -2.09. The molecule has 0 aliphatic carbocycles. The number of nitrogens with one attached hydrogen (secondary N) is 1. The minimum Gasteiger partial charge on any atom is -0.461 e. The molecule has 0 unspecified atom stereocenters. The van der Waals surface area contributed by atoms with Crippen molar-refractivity contribution < 1.29 is 9.47 Å². The van der Waals surface area contributed by atoms with Gasteiger partial charge in [0, 0.05) is 6.54 Å². The Morgan fingerprint density at radius 3 is 2.71 bits per heavy atom. The summed E-state index contributed by atoms with van der Waals surface area (Å²) in [5, 5.41) is 4.16. The quantitative estimate of drug-likeness (QED) is 0.581. The van der Waals surface area contributed by atoms with E-state index in [4.69, 9.17) is 15.3 Å². The largest absolute Gasteiger partial charge is 0.461 e. The van der Waals surface area contributed by atoms with Gasteiger partial charge in [-0.1, -0.05) is 6.92 Å². The van der Waals surface area contributed by atoms with Crippen LogP contribution in [-0.4, -0.2) is 30.8 Å². The lowest BCUT2D eigenvalue weighted by atomic mass is 10.5. The van der Waals surface area contributed by atoms with E-state index in [-0.39, 0.29) is 24.1 Å². The summed E-state index contributed by atoms with van der Waals surface area (Å²) in [6, 6.07) is 0.230. The van der Waals surface area contributed by atoms with Gasteiger partial charge >= 0.3 is 12.0 Å². The molecule has 3 N–H and O–H groups in total. The minimum atomic E-state index is -0.0711. The average molecular weight is 293 g/mol. The molecule has 2 aromatic heterocycles. The van der Waals surface area contributed by atoms with Gasteiger partial charge in [-0.15, -0.1) is 4.98 Å². The second kappa shape index (κ2) is 6.84. The number of hydrogen-bond donors (Lipinski definition) is 2. The van der Waals surface area contributed by atoms with Crippen LogP contribution in [0.25, 0.3) is 0 Å². The molecule has 2 heterocycles. The molecule has 0 atom stereocenters. The van der Waals surface area contributed by atoms with Crippen LogP contribution < -0.4 is 20.7 Å². The van der Waals surface area contributed by atoms with Crippen LogP contribution in [0.3, 0.4) is 0 Å². The summed E-state index contributed by atoms with van der Waals surface area (Å²) < 4.78 is 12.8. The van der Waals surface area contributed by atoms with Crippen LogP contribution in [-0.2, 0) is 6.54 Å². The van der Waals surface area contributed by atoms with E-state index < -0.39 is 0 Å². The zero-order chi connectivity index (χ0) is 15.2. The Bertz CT molecular complexity index is 585. The smallest absolute Gasteiger partial charge is 0.330 e. The highest BCUT2D eigenvalue weighted by atomic mass is 16.5. The van der Waals surface area contributed by atoms with Gasteiger partial charge < -0.3 is 9.47 Å². The highest BCUT2D eigenvalue weighted by molar-refractivity contribution is 5.27. The molecule has 0 aliphatic heterocycles. The first-order valence-corrected chi connectivity index (χ1v) is 6.70. The molecule has 0 radical (unpaired) electrons. The maximum Gasteiger partial charge on any atom is 0.330 e. The fourth-order valence-corrected chi connectivity index (χ4v) is 1.57. The second-order valence-corrected chi connectivity index (χ2v) is 4.58. The molecule has 0 aromatic carbocycles. The molecule has 2 rings (SSSR count). The van der Waals surface area contributed by atoms with E-state index in [1.807, 2.05) is 13.8 Å². The molecule has 0 spiro atoms. The number of aromatic nitrogens is 5. The van der Waals surface area contributed by atoms with Crippen LogP contribution in [0.2, 0.25) is 0 Å². The first kappa shape index (κ1) is 15.0. The van der Waals surface area contributed by atoms with Crippen LogP contribution in [0.4, 0.5) is 5.95 Å². The molecular weight excluding hydrogens is 274 g/mol. The van der Waals surface area contributed by atoms with Crippen molar-refractivity contribution in [1.29, 1.82) is 0 Å². The van der Waals surface area contributed by atoms with E-state index in [2.05, 4.69) is 32.4 Å². The molecule has 0 amide bonds. The number of ether oxygens (including phenoxy) is 2. The normalized spacial score (nSPS) is 10.7. The van der Waals surface area contributed by atoms with Crippen molar-refractivity contribution in [2.24, 2.45) is 5.84 Å². The van der Waals surface area contributed by atoms with Crippen LogP contribution >= 0.6 is 0 Å². The number of nitrogen functional groups attached to an aromatic ring is 1. The summed E-state index contributed by atoms with van der Waals surface area (Å²) in [6.07, 6.45) is 4.28. The van der Waals surface area contributed by atoms with Gasteiger partial charge in [-0.05, 0) is 20.3 Å². The fraction of sp³-hybridized carbons (Fsp3) is 0.500. The SMILES string of the molecule is CCCn1cc(Oc2nc(NN)nc(OC(C)C)n2)cn1. The molecule has 0 aliphatic rings. The predicted octanol–water partition coefficient (Wildman–Crippen LogP) is 1.34. The average Bonchev–Trinajstić information content (AvgIpc) is 2.85. The standard InChI is InChI=1S/C12H19N7O2/c1-4-5-19-7-9(6-14-19)21-12-16-10(18-13)15-11(17-12)20-8(2)3/h6-8H,4-5,13H2,1-3H3,(H,15,16,17,18). The van der Waals surface area contributed by atoms with Gasteiger partial charge in [-0.25, -0.2) is 5.84 Å². The zero-order valence-electron chi connectivity index (χ0n) is 12.3. The molecule has 9 heteroatoms. The predicted molar refractivity (Wildman–Crippen MR) is 76.0 cm³/mol. The van der Waals surface area contributed by atoms with Gasteiger partial charge in [0.05, 0.1) is 18.5 Å². The number of rotatable bonds is 7. The van der Waals surface area contributed by atoms with Crippen molar-refractivity contribution in [2.45, 2.75) is 39.8 Å². The highest BCUT2D eigenvalue weighted by Crippen LogP contribution is 2.20. The molecule has 0 fully saturated rings. The van der Waals surface area contributed by atoms with E-state index in [9.17, 15) is 0 Å². The molecule has 0 saturated carbocycles. The Morgan fingerprint density at radius 1 is 1.29 bits per heavy atom. The number of hydrazine groups is 1. The van der Waals surface area contributed by atoms with Crippen LogP contribution in [0.15, 0.2) is 12.4 Å². The Balaban J connectivity index is 2.17. The van der Waals surface area contributed by atoms with Crippen molar-refractivity contribution in [2.75, 3.05) is 5.43 Å². The van der Waals surface area contributed by atoms with Crippen molar-refractivity contribution in [1.82, 2.24) is 24.7 Å². The zero-order valence-corrected chi connectivity index (χ0v) is 12.3. The molecule has 114 valence electrons. The van der Waals surface area contributed by atoms with Gasteiger partial charge in [0.25, 0.3) is 0 Å². The van der Waals surface area contributed by atoms with Gasteiger partial charge in [-0.3, -0.25) is 10.1 Å². The van der Waals surface area contributed by atoms with E-state index in [0.717, 1.165) is 13.0 Å². The topological polar surface area (TPSA) is 113 Å². The number of nitrogens with two attached hydrogens (primary N) is 1. The molecular formula is C12H19N7O2. The summed E-state index contributed by atoms with van der Waals surface area (Å²) in [5.74, 6) is 6.02. The van der Waals surface area contributed by atoms with E-state index in [0.29, 0.717) is 5.75 Å². The summed E-state index contributed by atoms with van der Waals surface area (Å²) >= 11 is 0. The fourth-order valence-electron chi connectivity index (χ4n) is 1.57. The third-order valence-electron chi connectivity index (χ3n) is 2.34. The van der Waals surface area contributed by atoms with Crippen molar-refractivity contribution in [3.8, 4) is 17.8 Å². The third kappa shape index (κ3) is 4.28. The van der Waals surface area contributed by atoms with E-state index >= 15 is 0 Å². The monoisotopic (exact) mass is 293 g/mol. The van der Waals surface area contributed by atoms with Crippen LogP contribution in [0.5, 0.6) is 17.8 Å².